The Kier molecular flexibility index (Phi) is 6.69. The molecule has 0 bridgehead atoms. The van der Waals surface area contributed by atoms with Crippen LogP contribution < -0.4 is 5.73 Å². The van der Waals surface area contributed by atoms with Gasteiger partial charge in [-0.1, -0.05) is 48.3 Å². The van der Waals surface area contributed by atoms with Gasteiger partial charge in [-0.2, -0.15) is 0 Å². The Morgan fingerprint density at radius 2 is 2.05 bits per heavy atom. The fourth-order valence-electron chi connectivity index (χ4n) is 2.11. The third-order valence-corrected chi connectivity index (χ3v) is 4.16. The quantitative estimate of drug-likeness (QED) is 0.427. The molecule has 0 aromatic heterocycles. The summed E-state index contributed by atoms with van der Waals surface area (Å²) >= 11 is 3.50. The van der Waals surface area contributed by atoms with Gasteiger partial charge in [0.15, 0.2) is 0 Å². The van der Waals surface area contributed by atoms with Crippen molar-refractivity contribution >= 4 is 21.8 Å². The highest BCUT2D eigenvalue weighted by atomic mass is 79.9. The third-order valence-electron chi connectivity index (χ3n) is 3.66. The normalized spacial score (nSPS) is 11.8. The van der Waals surface area contributed by atoms with Crippen LogP contribution in [0.5, 0.6) is 0 Å². The highest BCUT2D eigenvalue weighted by molar-refractivity contribution is 9.10. The van der Waals surface area contributed by atoms with E-state index in [0.717, 1.165) is 36.8 Å². The highest BCUT2D eigenvalue weighted by Crippen LogP contribution is 2.22. The first-order chi connectivity index (χ1) is 9.31. The van der Waals surface area contributed by atoms with Crippen molar-refractivity contribution < 1.29 is 0 Å². The number of halogens is 1. The fourth-order valence-corrected chi connectivity index (χ4v) is 2.56. The number of amidine groups is 1. The van der Waals surface area contributed by atoms with Crippen LogP contribution in [0.3, 0.4) is 0 Å². The third kappa shape index (κ3) is 6.06. The molecule has 0 aliphatic rings. The van der Waals surface area contributed by atoms with Gasteiger partial charge in [-0.3, -0.25) is 5.41 Å². The lowest BCUT2D eigenvalue weighted by Gasteiger charge is -2.23. The Morgan fingerprint density at radius 1 is 1.35 bits per heavy atom. The van der Waals surface area contributed by atoms with Crippen LogP contribution in [0, 0.1) is 10.8 Å². The number of nitrogens with zero attached hydrogens (tertiary/aromatic N) is 1. The lowest BCUT2D eigenvalue weighted by Crippen LogP contribution is -2.31. The van der Waals surface area contributed by atoms with E-state index in [4.69, 9.17) is 11.1 Å². The summed E-state index contributed by atoms with van der Waals surface area (Å²) in [4.78, 5) is 2.34. The predicted molar refractivity (Wildman–Crippen MR) is 90.0 cm³/mol. The van der Waals surface area contributed by atoms with E-state index in [9.17, 15) is 0 Å². The fraction of sp³-hybridized carbons (Fsp3) is 0.562. The number of benzene rings is 1. The number of hydrogen-bond donors (Lipinski definition) is 2. The van der Waals surface area contributed by atoms with Gasteiger partial charge >= 0.3 is 0 Å². The van der Waals surface area contributed by atoms with Crippen LogP contribution in [0.4, 0.5) is 0 Å². The monoisotopic (exact) mass is 339 g/mol. The van der Waals surface area contributed by atoms with Crippen LogP contribution in [-0.2, 0) is 6.54 Å². The van der Waals surface area contributed by atoms with Crippen molar-refractivity contribution in [1.82, 2.24) is 4.90 Å². The molecule has 0 atom stereocenters. The van der Waals surface area contributed by atoms with E-state index in [1.807, 2.05) is 19.9 Å². The van der Waals surface area contributed by atoms with Crippen molar-refractivity contribution in [2.75, 3.05) is 13.6 Å². The zero-order valence-corrected chi connectivity index (χ0v) is 14.3. The Hall–Kier alpha value is -0.870. The molecule has 1 rings (SSSR count). The van der Waals surface area contributed by atoms with E-state index in [2.05, 4.69) is 46.1 Å². The molecule has 0 fully saturated rings. The summed E-state index contributed by atoms with van der Waals surface area (Å²) in [5.74, 6) is 0.292. The van der Waals surface area contributed by atoms with Crippen LogP contribution >= 0.6 is 15.9 Å². The summed E-state index contributed by atoms with van der Waals surface area (Å²) < 4.78 is 1.13. The number of nitrogens with one attached hydrogen (secondary N) is 1. The molecule has 0 spiro atoms. The van der Waals surface area contributed by atoms with Gasteiger partial charge in [0.1, 0.15) is 0 Å². The van der Waals surface area contributed by atoms with Gasteiger partial charge in [0, 0.05) is 16.4 Å². The van der Waals surface area contributed by atoms with Crippen molar-refractivity contribution in [2.45, 2.75) is 39.7 Å². The number of nitrogens with two attached hydrogens (primary N) is 1. The average Bonchev–Trinajstić information content (AvgIpc) is 2.34. The smallest absolute Gasteiger partial charge is 0.0963 e. The van der Waals surface area contributed by atoms with E-state index < -0.39 is 0 Å². The summed E-state index contributed by atoms with van der Waals surface area (Å²) in [5, 5.41) is 7.55. The molecule has 20 heavy (non-hydrogen) atoms. The molecule has 0 aliphatic carbocycles. The molecule has 0 aliphatic heterocycles. The maximum absolute atomic E-state index is 7.55. The molecule has 4 heteroatoms. The van der Waals surface area contributed by atoms with Crippen LogP contribution in [0.1, 0.15) is 38.7 Å². The van der Waals surface area contributed by atoms with E-state index in [1.165, 1.54) is 5.56 Å². The summed E-state index contributed by atoms with van der Waals surface area (Å²) in [6, 6.07) is 8.44. The first-order valence-electron chi connectivity index (χ1n) is 7.09. The van der Waals surface area contributed by atoms with Crippen molar-refractivity contribution in [1.29, 1.82) is 5.41 Å². The first-order valence-corrected chi connectivity index (χ1v) is 7.88. The van der Waals surface area contributed by atoms with Gasteiger partial charge in [0.25, 0.3) is 0 Å². The highest BCUT2D eigenvalue weighted by Gasteiger charge is 2.20. The molecule has 112 valence electrons. The zero-order valence-electron chi connectivity index (χ0n) is 12.7. The van der Waals surface area contributed by atoms with Gasteiger partial charge in [0.2, 0.25) is 0 Å². The van der Waals surface area contributed by atoms with E-state index in [0.29, 0.717) is 5.84 Å². The molecule has 0 unspecified atom stereocenters. The summed E-state index contributed by atoms with van der Waals surface area (Å²) in [5.41, 5.74) is 6.76. The molecular formula is C16H26BrN3. The first kappa shape index (κ1) is 17.2. The second-order valence-corrected chi connectivity index (χ2v) is 7.04. The van der Waals surface area contributed by atoms with Gasteiger partial charge < -0.3 is 10.6 Å². The van der Waals surface area contributed by atoms with Gasteiger partial charge in [0.05, 0.1) is 5.84 Å². The Balaban J connectivity index is 2.27. The maximum Gasteiger partial charge on any atom is 0.0963 e. The minimum absolute atomic E-state index is 0.164. The SMILES string of the molecule is CN(CCCCC(C)(C)C(=N)N)Cc1cccc(Br)c1. The van der Waals surface area contributed by atoms with Crippen molar-refractivity contribution in [3.8, 4) is 0 Å². The van der Waals surface area contributed by atoms with Crippen molar-refractivity contribution in [2.24, 2.45) is 11.1 Å². The maximum atomic E-state index is 7.55. The molecule has 0 saturated carbocycles. The van der Waals surface area contributed by atoms with Crippen LogP contribution in [0.25, 0.3) is 0 Å². The van der Waals surface area contributed by atoms with E-state index in [1.54, 1.807) is 0 Å². The molecule has 1 aromatic rings. The average molecular weight is 340 g/mol. The van der Waals surface area contributed by atoms with Gasteiger partial charge in [-0.05, 0) is 44.1 Å². The lowest BCUT2D eigenvalue weighted by atomic mass is 9.86. The van der Waals surface area contributed by atoms with E-state index in [-0.39, 0.29) is 5.41 Å². The molecule has 3 nitrogen and oxygen atoms in total. The molecule has 0 radical (unpaired) electrons. The molecule has 0 saturated heterocycles. The van der Waals surface area contributed by atoms with Gasteiger partial charge in [-0.25, -0.2) is 0 Å². The molecule has 1 aromatic carbocycles. The van der Waals surface area contributed by atoms with Crippen molar-refractivity contribution in [3.63, 3.8) is 0 Å². The summed E-state index contributed by atoms with van der Waals surface area (Å²) in [7, 11) is 2.15. The molecular weight excluding hydrogens is 314 g/mol. The molecule has 0 heterocycles. The summed E-state index contributed by atoms with van der Waals surface area (Å²) in [6.07, 6.45) is 3.23. The molecule has 3 N–H and O–H groups in total. The van der Waals surface area contributed by atoms with Crippen molar-refractivity contribution in [3.05, 3.63) is 34.3 Å². The van der Waals surface area contributed by atoms with E-state index >= 15 is 0 Å². The number of hydrogen-bond acceptors (Lipinski definition) is 2. The van der Waals surface area contributed by atoms with Crippen LogP contribution in [0.15, 0.2) is 28.7 Å². The Bertz CT molecular complexity index is 443. The summed E-state index contributed by atoms with van der Waals surface area (Å²) in [6.45, 7) is 6.12. The minimum Gasteiger partial charge on any atom is -0.387 e. The van der Waals surface area contributed by atoms with Gasteiger partial charge in [-0.15, -0.1) is 0 Å². The topological polar surface area (TPSA) is 53.1 Å². The second kappa shape index (κ2) is 7.79. The second-order valence-electron chi connectivity index (χ2n) is 6.12. The zero-order chi connectivity index (χ0) is 15.2. The number of rotatable bonds is 8. The molecule has 0 amide bonds. The minimum atomic E-state index is -0.164. The van der Waals surface area contributed by atoms with Crippen LogP contribution in [-0.4, -0.2) is 24.3 Å². The Morgan fingerprint density at radius 3 is 2.65 bits per heavy atom. The Labute approximate surface area is 131 Å². The number of unbranched alkanes of at least 4 members (excludes halogenated alkanes) is 1. The predicted octanol–water partition coefficient (Wildman–Crippen LogP) is 4.01. The standard InChI is InChI=1S/C16H26BrN3/c1-16(2,15(18)19)9-4-5-10-20(3)12-13-7-6-8-14(17)11-13/h6-8,11H,4-5,9-10,12H2,1-3H3,(H3,18,19). The van der Waals surface area contributed by atoms with Crippen LogP contribution in [0.2, 0.25) is 0 Å². The largest absolute Gasteiger partial charge is 0.387 e. The lowest BCUT2D eigenvalue weighted by molar-refractivity contribution is 0.308.